The molecule has 2 atom stereocenters. The summed E-state index contributed by atoms with van der Waals surface area (Å²) in [6, 6.07) is 9.95. The van der Waals surface area contributed by atoms with Crippen LogP contribution in [0.3, 0.4) is 0 Å². The number of carboxylic acid groups (broad SMARTS) is 1. The van der Waals surface area contributed by atoms with Crippen molar-refractivity contribution in [2.24, 2.45) is 5.92 Å². The van der Waals surface area contributed by atoms with Crippen LogP contribution in [0.5, 0.6) is 0 Å². The smallest absolute Gasteiger partial charge is 0.308 e. The highest BCUT2D eigenvalue weighted by Crippen LogP contribution is 2.33. The Labute approximate surface area is 111 Å². The minimum atomic E-state index is -0.728. The van der Waals surface area contributed by atoms with Gasteiger partial charge in [0, 0.05) is 30.1 Å². The number of aryl methyl sites for hydroxylation is 1. The molecule has 1 fully saturated rings. The zero-order valence-electron chi connectivity index (χ0n) is 10.8. The second kappa shape index (κ2) is 4.63. The van der Waals surface area contributed by atoms with Gasteiger partial charge in [0.15, 0.2) is 0 Å². The molecule has 4 heteroatoms. The number of para-hydroxylation sites is 1. The molecule has 0 amide bonds. The lowest BCUT2D eigenvalue weighted by Crippen LogP contribution is -2.21. The third-order valence-electron chi connectivity index (χ3n) is 3.81. The van der Waals surface area contributed by atoms with Crippen LogP contribution in [0.15, 0.2) is 30.3 Å². The molecule has 4 nitrogen and oxygen atoms in total. The Kier molecular flexibility index (Phi) is 2.95. The lowest BCUT2D eigenvalue weighted by molar-refractivity contribution is -0.141. The first kappa shape index (κ1) is 12.1. The van der Waals surface area contributed by atoms with E-state index in [1.807, 2.05) is 37.3 Å². The van der Waals surface area contributed by atoms with Crippen LogP contribution in [-0.2, 0) is 4.79 Å². The number of pyridine rings is 1. The number of benzene rings is 1. The number of hydrogen-bond donors (Lipinski definition) is 2. The minimum absolute atomic E-state index is 0.0177. The molecule has 2 N–H and O–H groups in total. The summed E-state index contributed by atoms with van der Waals surface area (Å²) in [4.78, 5) is 15.9. The van der Waals surface area contributed by atoms with Crippen molar-refractivity contribution in [2.45, 2.75) is 12.8 Å². The molecule has 1 aliphatic rings. The summed E-state index contributed by atoms with van der Waals surface area (Å²) in [6.07, 6.45) is 0. The van der Waals surface area contributed by atoms with Crippen LogP contribution in [0, 0.1) is 12.8 Å². The van der Waals surface area contributed by atoms with E-state index in [1.165, 1.54) is 0 Å². The quantitative estimate of drug-likeness (QED) is 0.862. The van der Waals surface area contributed by atoms with E-state index in [1.54, 1.807) is 0 Å². The van der Waals surface area contributed by atoms with Gasteiger partial charge in [-0.1, -0.05) is 18.2 Å². The molecule has 19 heavy (non-hydrogen) atoms. The maximum atomic E-state index is 11.4. The summed E-state index contributed by atoms with van der Waals surface area (Å²) in [5.41, 5.74) is 2.97. The van der Waals surface area contributed by atoms with Gasteiger partial charge < -0.3 is 10.4 Å². The average molecular weight is 256 g/mol. The fourth-order valence-electron chi connectivity index (χ4n) is 2.91. The van der Waals surface area contributed by atoms with Crippen molar-refractivity contribution in [3.63, 3.8) is 0 Å². The number of carbonyl (C=O) groups is 1. The van der Waals surface area contributed by atoms with Crippen molar-refractivity contribution < 1.29 is 9.90 Å². The largest absolute Gasteiger partial charge is 0.481 e. The first-order chi connectivity index (χ1) is 9.16. The van der Waals surface area contributed by atoms with Crippen molar-refractivity contribution in [2.75, 3.05) is 13.1 Å². The molecule has 0 bridgehead atoms. The molecule has 0 spiro atoms. The van der Waals surface area contributed by atoms with E-state index in [-0.39, 0.29) is 11.8 Å². The first-order valence-electron chi connectivity index (χ1n) is 6.46. The molecule has 2 aromatic rings. The van der Waals surface area contributed by atoms with Crippen LogP contribution in [0.1, 0.15) is 17.2 Å². The molecule has 2 unspecified atom stereocenters. The molecule has 1 saturated heterocycles. The summed E-state index contributed by atoms with van der Waals surface area (Å²) in [5.74, 6) is -1.07. The summed E-state index contributed by atoms with van der Waals surface area (Å²) in [6.45, 7) is 3.20. The molecule has 0 aliphatic carbocycles. The van der Waals surface area contributed by atoms with Gasteiger partial charge in [0.25, 0.3) is 0 Å². The number of rotatable bonds is 2. The van der Waals surface area contributed by atoms with Gasteiger partial charge in [0.2, 0.25) is 0 Å². The van der Waals surface area contributed by atoms with Crippen LogP contribution in [-0.4, -0.2) is 29.1 Å². The molecule has 0 radical (unpaired) electrons. The monoisotopic (exact) mass is 256 g/mol. The van der Waals surface area contributed by atoms with Crippen LogP contribution in [0.25, 0.3) is 10.9 Å². The highest BCUT2D eigenvalue weighted by atomic mass is 16.4. The van der Waals surface area contributed by atoms with Gasteiger partial charge in [-0.2, -0.15) is 0 Å². The number of fused-ring (bicyclic) bond motifs is 1. The lowest BCUT2D eigenvalue weighted by atomic mass is 9.86. The van der Waals surface area contributed by atoms with E-state index in [0.29, 0.717) is 13.1 Å². The van der Waals surface area contributed by atoms with Gasteiger partial charge in [-0.25, -0.2) is 0 Å². The molecule has 0 saturated carbocycles. The second-order valence-electron chi connectivity index (χ2n) is 5.08. The van der Waals surface area contributed by atoms with Crippen molar-refractivity contribution in [1.29, 1.82) is 0 Å². The molecule has 98 valence electrons. The molecule has 2 heterocycles. The van der Waals surface area contributed by atoms with E-state index >= 15 is 0 Å². The van der Waals surface area contributed by atoms with Gasteiger partial charge in [0.05, 0.1) is 11.4 Å². The van der Waals surface area contributed by atoms with Crippen molar-refractivity contribution in [3.05, 3.63) is 41.6 Å². The molecule has 1 aromatic carbocycles. The Bertz CT molecular complexity index is 639. The van der Waals surface area contributed by atoms with E-state index in [0.717, 1.165) is 22.2 Å². The summed E-state index contributed by atoms with van der Waals surface area (Å²) in [5, 5.41) is 13.6. The lowest BCUT2D eigenvalue weighted by Gasteiger charge is -2.17. The maximum absolute atomic E-state index is 11.4. The van der Waals surface area contributed by atoms with Crippen LogP contribution >= 0.6 is 0 Å². The van der Waals surface area contributed by atoms with Crippen LogP contribution in [0.4, 0.5) is 0 Å². The van der Waals surface area contributed by atoms with Gasteiger partial charge >= 0.3 is 5.97 Å². The fraction of sp³-hybridized carbons (Fsp3) is 0.333. The number of hydrogen-bond acceptors (Lipinski definition) is 3. The first-order valence-corrected chi connectivity index (χ1v) is 6.46. The summed E-state index contributed by atoms with van der Waals surface area (Å²) >= 11 is 0. The second-order valence-corrected chi connectivity index (χ2v) is 5.08. The third kappa shape index (κ3) is 2.08. The van der Waals surface area contributed by atoms with Gasteiger partial charge in [-0.05, 0) is 24.6 Å². The molecular formula is C15H16N2O2. The van der Waals surface area contributed by atoms with Crippen molar-refractivity contribution >= 4 is 16.9 Å². The number of aliphatic carboxylic acids is 1. The zero-order chi connectivity index (χ0) is 13.4. The Hall–Kier alpha value is -1.94. The van der Waals surface area contributed by atoms with E-state index in [2.05, 4.69) is 10.3 Å². The molecule has 1 aromatic heterocycles. The standard InChI is InChI=1S/C15H16N2O2/c1-9-6-11(10-4-2-3-5-14(10)17-9)12-7-16-8-13(12)15(18)19/h2-6,12-13,16H,7-8H2,1H3,(H,18,19). The SMILES string of the molecule is Cc1cc(C2CNCC2C(=O)O)c2ccccc2n1. The highest BCUT2D eigenvalue weighted by molar-refractivity contribution is 5.84. The Morgan fingerprint density at radius 3 is 2.95 bits per heavy atom. The van der Waals surface area contributed by atoms with Crippen LogP contribution < -0.4 is 5.32 Å². The van der Waals surface area contributed by atoms with E-state index in [9.17, 15) is 9.90 Å². The van der Waals surface area contributed by atoms with Gasteiger partial charge in [-0.3, -0.25) is 9.78 Å². The molecule has 3 rings (SSSR count). The average Bonchev–Trinajstić information content (AvgIpc) is 2.86. The molecule has 1 aliphatic heterocycles. The Morgan fingerprint density at radius 1 is 1.37 bits per heavy atom. The number of nitrogens with zero attached hydrogens (tertiary/aromatic N) is 1. The third-order valence-corrected chi connectivity index (χ3v) is 3.81. The normalized spacial score (nSPS) is 22.8. The van der Waals surface area contributed by atoms with Crippen molar-refractivity contribution in [1.82, 2.24) is 10.3 Å². The number of aromatic nitrogens is 1. The number of nitrogens with one attached hydrogen (secondary N) is 1. The highest BCUT2D eigenvalue weighted by Gasteiger charge is 2.34. The minimum Gasteiger partial charge on any atom is -0.481 e. The van der Waals surface area contributed by atoms with Crippen LogP contribution in [0.2, 0.25) is 0 Å². The maximum Gasteiger partial charge on any atom is 0.308 e. The predicted octanol–water partition coefficient (Wildman–Crippen LogP) is 1.93. The van der Waals surface area contributed by atoms with E-state index < -0.39 is 5.97 Å². The summed E-state index contributed by atoms with van der Waals surface area (Å²) in [7, 11) is 0. The van der Waals surface area contributed by atoms with Crippen molar-refractivity contribution in [3.8, 4) is 0 Å². The topological polar surface area (TPSA) is 62.2 Å². The Morgan fingerprint density at radius 2 is 2.16 bits per heavy atom. The fourth-order valence-corrected chi connectivity index (χ4v) is 2.91. The van der Waals surface area contributed by atoms with E-state index in [4.69, 9.17) is 0 Å². The zero-order valence-corrected chi connectivity index (χ0v) is 10.8. The van der Waals surface area contributed by atoms with Gasteiger partial charge in [-0.15, -0.1) is 0 Å². The summed E-state index contributed by atoms with van der Waals surface area (Å²) < 4.78 is 0. The molecular weight excluding hydrogens is 240 g/mol. The number of carboxylic acids is 1. The van der Waals surface area contributed by atoms with Gasteiger partial charge in [0.1, 0.15) is 0 Å². The Balaban J connectivity index is 2.16. The predicted molar refractivity (Wildman–Crippen MR) is 73.2 cm³/mol.